The van der Waals surface area contributed by atoms with Crippen molar-refractivity contribution in [1.29, 1.82) is 0 Å². The Kier molecular flexibility index (Phi) is 12.4. The van der Waals surface area contributed by atoms with Gasteiger partial charge in [0.15, 0.2) is 17.5 Å². The summed E-state index contributed by atoms with van der Waals surface area (Å²) in [5.74, 6) is 2.86. The number of benzene rings is 1. The van der Waals surface area contributed by atoms with E-state index in [1.807, 2.05) is 6.07 Å². The number of guanidine groups is 1. The van der Waals surface area contributed by atoms with E-state index in [1.54, 1.807) is 14.2 Å². The number of halogens is 1. The highest BCUT2D eigenvalue weighted by atomic mass is 127. The van der Waals surface area contributed by atoms with E-state index in [9.17, 15) is 0 Å². The monoisotopic (exact) mass is 534 g/mol. The fraction of sp³-hybridized carbons (Fsp3) is 0.682. The van der Waals surface area contributed by atoms with Crippen LogP contribution in [0.3, 0.4) is 0 Å². The van der Waals surface area contributed by atoms with Crippen LogP contribution in [0.15, 0.2) is 23.2 Å². The van der Waals surface area contributed by atoms with E-state index in [4.69, 9.17) is 19.2 Å². The van der Waals surface area contributed by atoms with Gasteiger partial charge in [0.05, 0.1) is 40.0 Å². The lowest BCUT2D eigenvalue weighted by Gasteiger charge is -2.34. The first-order chi connectivity index (χ1) is 14.0. The molecule has 2 rings (SSSR count). The van der Waals surface area contributed by atoms with Crippen LogP contribution in [0.1, 0.15) is 39.3 Å². The summed E-state index contributed by atoms with van der Waals surface area (Å²) in [7, 11) is 3.33. The lowest BCUT2D eigenvalue weighted by molar-refractivity contribution is 0.0179. The molecule has 2 N–H and O–H groups in total. The molecule has 172 valence electrons. The summed E-state index contributed by atoms with van der Waals surface area (Å²) in [6.07, 6.45) is 0. The summed E-state index contributed by atoms with van der Waals surface area (Å²) < 4.78 is 16.5. The second-order valence-electron chi connectivity index (χ2n) is 7.68. The van der Waals surface area contributed by atoms with Crippen LogP contribution in [0.2, 0.25) is 0 Å². The highest BCUT2D eigenvalue weighted by Crippen LogP contribution is 2.32. The minimum atomic E-state index is 0. The maximum atomic E-state index is 5.56. The minimum Gasteiger partial charge on any atom is -0.493 e. The summed E-state index contributed by atoms with van der Waals surface area (Å²) in [5.41, 5.74) is 1.17. The minimum absolute atomic E-state index is 0. The molecule has 0 aromatic heterocycles. The normalized spacial score (nSPS) is 17.1. The number of morpholine rings is 1. The van der Waals surface area contributed by atoms with Crippen molar-refractivity contribution in [3.8, 4) is 11.5 Å². The molecular formula is C22H39IN4O3. The third-order valence-corrected chi connectivity index (χ3v) is 5.41. The second-order valence-corrected chi connectivity index (χ2v) is 7.68. The Morgan fingerprint density at radius 1 is 1.13 bits per heavy atom. The quantitative estimate of drug-likeness (QED) is 0.288. The Morgan fingerprint density at radius 2 is 1.80 bits per heavy atom. The second kappa shape index (κ2) is 13.9. The molecule has 1 aliphatic heterocycles. The Hall–Kier alpha value is -1.26. The molecule has 1 saturated heterocycles. The van der Waals surface area contributed by atoms with Gasteiger partial charge in [0, 0.05) is 25.7 Å². The Morgan fingerprint density at radius 3 is 2.37 bits per heavy atom. The van der Waals surface area contributed by atoms with Crippen molar-refractivity contribution in [2.24, 2.45) is 10.9 Å². The zero-order valence-electron chi connectivity index (χ0n) is 19.2. The van der Waals surface area contributed by atoms with Crippen LogP contribution in [-0.4, -0.2) is 70.5 Å². The fourth-order valence-electron chi connectivity index (χ4n) is 3.26. The summed E-state index contributed by atoms with van der Waals surface area (Å²) in [4.78, 5) is 7.36. The van der Waals surface area contributed by atoms with E-state index in [-0.39, 0.29) is 30.0 Å². The van der Waals surface area contributed by atoms with Gasteiger partial charge in [-0.2, -0.15) is 0 Å². The molecule has 2 atom stereocenters. The molecule has 0 saturated carbocycles. The first-order valence-corrected chi connectivity index (χ1v) is 10.6. The zero-order valence-corrected chi connectivity index (χ0v) is 21.6. The van der Waals surface area contributed by atoms with Gasteiger partial charge in [-0.3, -0.25) is 9.89 Å². The van der Waals surface area contributed by atoms with Crippen LogP contribution >= 0.6 is 24.0 Å². The van der Waals surface area contributed by atoms with Crippen LogP contribution in [0.4, 0.5) is 0 Å². The van der Waals surface area contributed by atoms with Gasteiger partial charge in [0.1, 0.15) is 0 Å². The van der Waals surface area contributed by atoms with Gasteiger partial charge < -0.3 is 24.8 Å². The van der Waals surface area contributed by atoms with Crippen molar-refractivity contribution in [3.05, 3.63) is 23.8 Å². The number of hydrogen-bond donors (Lipinski definition) is 2. The maximum Gasteiger partial charge on any atom is 0.191 e. The van der Waals surface area contributed by atoms with Gasteiger partial charge in [-0.15, -0.1) is 24.0 Å². The summed E-state index contributed by atoms with van der Waals surface area (Å²) in [5, 5.41) is 6.89. The number of aliphatic imine (C=N–C) groups is 1. The van der Waals surface area contributed by atoms with Crippen molar-refractivity contribution in [3.63, 3.8) is 0 Å². The van der Waals surface area contributed by atoms with Gasteiger partial charge in [0.25, 0.3) is 0 Å². The molecule has 0 radical (unpaired) electrons. The standard InChI is InChI=1S/C22H38N4O3.HI/c1-7-23-22(25-17(4)16(2)3)24-15-19(26-10-12-29-13-11-26)18-8-9-20(27-5)21(14-18)28-6;/h8-9,14,16-17,19H,7,10-13,15H2,1-6H3,(H2,23,24,25);1H. The number of nitrogens with one attached hydrogen (secondary N) is 2. The molecule has 1 aliphatic rings. The van der Waals surface area contributed by atoms with Crippen molar-refractivity contribution < 1.29 is 14.2 Å². The van der Waals surface area contributed by atoms with Crippen LogP contribution in [-0.2, 0) is 4.74 Å². The van der Waals surface area contributed by atoms with E-state index < -0.39 is 0 Å². The van der Waals surface area contributed by atoms with Gasteiger partial charge in [0.2, 0.25) is 0 Å². The molecule has 0 spiro atoms. The highest BCUT2D eigenvalue weighted by molar-refractivity contribution is 14.0. The SMILES string of the molecule is CCNC(=NCC(c1ccc(OC)c(OC)c1)N1CCOCC1)NC(C)C(C)C.I. The molecular weight excluding hydrogens is 495 g/mol. The zero-order chi connectivity index (χ0) is 21.2. The lowest BCUT2D eigenvalue weighted by Crippen LogP contribution is -2.45. The van der Waals surface area contributed by atoms with Crippen molar-refractivity contribution in [2.45, 2.75) is 39.8 Å². The van der Waals surface area contributed by atoms with Gasteiger partial charge in [-0.05, 0) is 37.5 Å². The van der Waals surface area contributed by atoms with E-state index in [1.165, 1.54) is 5.56 Å². The molecule has 30 heavy (non-hydrogen) atoms. The molecule has 1 fully saturated rings. The predicted octanol–water partition coefficient (Wildman–Crippen LogP) is 3.29. The van der Waals surface area contributed by atoms with Crippen molar-refractivity contribution in [2.75, 3.05) is 53.6 Å². The summed E-state index contributed by atoms with van der Waals surface area (Å²) >= 11 is 0. The molecule has 1 aromatic rings. The molecule has 0 aliphatic carbocycles. The van der Waals surface area contributed by atoms with Crippen molar-refractivity contribution >= 4 is 29.9 Å². The molecule has 1 heterocycles. The van der Waals surface area contributed by atoms with Crippen molar-refractivity contribution in [1.82, 2.24) is 15.5 Å². The van der Waals surface area contributed by atoms with Crippen LogP contribution in [0, 0.1) is 5.92 Å². The molecule has 7 nitrogen and oxygen atoms in total. The number of ether oxygens (including phenoxy) is 3. The first-order valence-electron chi connectivity index (χ1n) is 10.6. The first kappa shape index (κ1) is 26.8. The molecule has 0 amide bonds. The topological polar surface area (TPSA) is 67.4 Å². The van der Waals surface area contributed by atoms with Gasteiger partial charge >= 0.3 is 0 Å². The highest BCUT2D eigenvalue weighted by Gasteiger charge is 2.24. The van der Waals surface area contributed by atoms with Gasteiger partial charge in [-0.1, -0.05) is 19.9 Å². The molecule has 0 bridgehead atoms. The Bertz CT molecular complexity index is 651. The summed E-state index contributed by atoms with van der Waals surface area (Å²) in [6.45, 7) is 13.4. The summed E-state index contributed by atoms with van der Waals surface area (Å²) in [6, 6.07) is 6.62. The van der Waals surface area contributed by atoms with E-state index >= 15 is 0 Å². The number of hydrogen-bond acceptors (Lipinski definition) is 5. The van der Waals surface area contributed by atoms with E-state index in [2.05, 4.69) is 55.4 Å². The number of methoxy groups -OCH3 is 2. The third-order valence-electron chi connectivity index (χ3n) is 5.41. The lowest BCUT2D eigenvalue weighted by atomic mass is 10.0. The maximum absolute atomic E-state index is 5.56. The van der Waals surface area contributed by atoms with Gasteiger partial charge in [-0.25, -0.2) is 0 Å². The van der Waals surface area contributed by atoms with Crippen LogP contribution in [0.5, 0.6) is 11.5 Å². The fourth-order valence-corrected chi connectivity index (χ4v) is 3.26. The van der Waals surface area contributed by atoms with Crippen LogP contribution < -0.4 is 20.1 Å². The smallest absolute Gasteiger partial charge is 0.191 e. The average Bonchev–Trinajstić information content (AvgIpc) is 2.74. The average molecular weight is 534 g/mol. The number of nitrogens with zero attached hydrogens (tertiary/aromatic N) is 2. The molecule has 2 unspecified atom stereocenters. The number of rotatable bonds is 9. The predicted molar refractivity (Wildman–Crippen MR) is 134 cm³/mol. The van der Waals surface area contributed by atoms with E-state index in [0.717, 1.165) is 50.3 Å². The Labute approximate surface area is 199 Å². The molecule has 1 aromatic carbocycles. The third kappa shape index (κ3) is 7.77. The van der Waals surface area contributed by atoms with E-state index in [0.29, 0.717) is 18.5 Å². The van der Waals surface area contributed by atoms with Crippen LogP contribution in [0.25, 0.3) is 0 Å². The molecule has 8 heteroatoms. The Balaban J connectivity index is 0.00000450. The largest absolute Gasteiger partial charge is 0.493 e.